The van der Waals surface area contributed by atoms with Gasteiger partial charge in [-0.25, -0.2) is 19.9 Å². The van der Waals surface area contributed by atoms with Crippen LogP contribution in [0.3, 0.4) is 0 Å². The molecule has 0 aliphatic carbocycles. The Morgan fingerprint density at radius 1 is 0.157 bits per heavy atom. The maximum atomic E-state index is 5.52. The van der Waals surface area contributed by atoms with Gasteiger partial charge in [0.2, 0.25) is 11.9 Å². The van der Waals surface area contributed by atoms with E-state index in [1.165, 1.54) is 109 Å². The zero-order valence-electron chi connectivity index (χ0n) is 58.6. The molecule has 22 rings (SSSR count). The second-order valence-corrected chi connectivity index (χ2v) is 28.1. The fourth-order valence-electron chi connectivity index (χ4n) is 16.4. The van der Waals surface area contributed by atoms with Gasteiger partial charge in [0.1, 0.15) is 0 Å². The highest BCUT2D eigenvalue weighted by Gasteiger charge is 2.24. The van der Waals surface area contributed by atoms with Crippen molar-refractivity contribution < 1.29 is 0 Å². The first-order valence-corrected chi connectivity index (χ1v) is 36.8. The summed E-state index contributed by atoms with van der Waals surface area (Å²) in [5.41, 5.74) is 21.8. The Labute approximate surface area is 622 Å². The second-order valence-electron chi connectivity index (χ2n) is 28.1. The van der Waals surface area contributed by atoms with E-state index >= 15 is 0 Å². The van der Waals surface area contributed by atoms with Crippen LogP contribution in [0.5, 0.6) is 0 Å². The molecule has 0 saturated carbocycles. The molecule has 0 unspecified atom stereocenters. The highest BCUT2D eigenvalue weighted by atomic mass is 15.2. The van der Waals surface area contributed by atoms with E-state index < -0.39 is 0 Å². The molecule has 6 heteroatoms. The lowest BCUT2D eigenvalue weighted by Gasteiger charge is -2.14. The van der Waals surface area contributed by atoms with Crippen LogP contribution in [0.1, 0.15) is 0 Å². The van der Waals surface area contributed by atoms with Crippen molar-refractivity contribution in [2.75, 3.05) is 0 Å². The molecule has 0 aliphatic heterocycles. The van der Waals surface area contributed by atoms with Crippen molar-refractivity contribution in [1.82, 2.24) is 29.1 Å². The van der Waals surface area contributed by atoms with Crippen molar-refractivity contribution in [3.05, 3.63) is 388 Å². The summed E-state index contributed by atoms with van der Waals surface area (Å²) in [7, 11) is 0. The van der Waals surface area contributed by atoms with Gasteiger partial charge in [0, 0.05) is 43.4 Å². The van der Waals surface area contributed by atoms with Gasteiger partial charge in [-0.2, -0.15) is 0 Å². The van der Waals surface area contributed by atoms with Crippen LogP contribution in [-0.2, 0) is 0 Å². The van der Waals surface area contributed by atoms with Crippen molar-refractivity contribution in [1.29, 1.82) is 0 Å². The molecular weight excluding hydrogens is 1310 g/mol. The van der Waals surface area contributed by atoms with E-state index in [9.17, 15) is 0 Å². The monoisotopic (exact) mass is 1370 g/mol. The maximum absolute atomic E-state index is 5.52. The van der Waals surface area contributed by atoms with Crippen molar-refractivity contribution >= 4 is 119 Å². The molecule has 0 amide bonds. The molecule has 6 nitrogen and oxygen atoms in total. The summed E-state index contributed by atoms with van der Waals surface area (Å²) >= 11 is 0. The van der Waals surface area contributed by atoms with Gasteiger partial charge in [-0.3, -0.25) is 9.13 Å². The molecule has 0 bridgehead atoms. The minimum Gasteiger partial charge on any atom is -0.278 e. The van der Waals surface area contributed by atoms with Gasteiger partial charge in [-0.05, 0) is 176 Å². The molecule has 0 fully saturated rings. The molecular formula is C102H64N6. The van der Waals surface area contributed by atoms with Gasteiger partial charge < -0.3 is 0 Å². The highest BCUT2D eigenvalue weighted by Crippen LogP contribution is 2.44. The first-order chi connectivity index (χ1) is 53.5. The van der Waals surface area contributed by atoms with E-state index in [2.05, 4.69) is 397 Å². The van der Waals surface area contributed by atoms with E-state index in [0.717, 1.165) is 88.6 Å². The fraction of sp³-hybridized carbons (Fsp3) is 0. The number of fused-ring (bicyclic) bond motifs is 15. The Kier molecular flexibility index (Phi) is 14.8. The number of aromatic nitrogens is 6. The lowest BCUT2D eigenvalue weighted by atomic mass is 9.97. The molecule has 4 heterocycles. The minimum absolute atomic E-state index is 0.653. The Balaban J connectivity index is 0.000000138. The van der Waals surface area contributed by atoms with Crippen molar-refractivity contribution in [2.45, 2.75) is 0 Å². The van der Waals surface area contributed by atoms with Gasteiger partial charge in [-0.1, -0.05) is 322 Å². The summed E-state index contributed by atoms with van der Waals surface area (Å²) in [6.07, 6.45) is 0. The van der Waals surface area contributed by atoms with Gasteiger partial charge in [0.15, 0.2) is 0 Å². The van der Waals surface area contributed by atoms with Crippen molar-refractivity contribution in [3.8, 4) is 90.0 Å². The Bertz CT molecular complexity index is 7310. The third-order valence-electron chi connectivity index (χ3n) is 21.8. The topological polar surface area (TPSA) is 61.4 Å². The van der Waals surface area contributed by atoms with E-state index in [0.29, 0.717) is 11.9 Å². The number of hydrogen-bond donors (Lipinski definition) is 0. The van der Waals surface area contributed by atoms with Gasteiger partial charge in [0.05, 0.1) is 44.5 Å². The predicted octanol–water partition coefficient (Wildman–Crippen LogP) is 26.9. The van der Waals surface area contributed by atoms with Crippen molar-refractivity contribution in [2.24, 2.45) is 0 Å². The SMILES string of the molecule is c1ccc(-c2ccc(-c3ccc4nc(-n5c6cc7ccccc7cc6c6c7ccccc7ccc65)nc(-c5ccc(-c6ccccc6)cc5)c4c3)cc2)cc1.c1ccc(-c2ccc(-c3ccc4nc(-n5c6cc7ccccc7cc6c6c7ccccc7ccc65)nc(-c5ccc6ccccc6c5)c4c3)cc2)cc1. The second kappa shape index (κ2) is 25.7. The van der Waals surface area contributed by atoms with Gasteiger partial charge in [0.25, 0.3) is 0 Å². The third-order valence-corrected chi connectivity index (χ3v) is 21.8. The standard InChI is InChI=1S/C52H33N3.C50H31N3/c1-3-11-34(12-4-1)36-19-21-38(22-20-36)43-27-29-47-45(31-43)51(40-25-23-37(24-26-40)35-13-5-2-6-14-35)54-52(53-47)55-48-30-28-39-15-9-10-18-44(39)50(48)46-32-41-16-7-8-17-42(41)33-49(46)55;1-2-10-32(11-3-1)34-18-20-35(21-19-34)40-24-26-45-43(29-40)49(41-23-22-33-12-4-5-14-37(33)28-41)52-50(51-45)53-46-27-25-36-13-8-9-17-42(36)48(46)44-30-38-15-6-7-16-39(38)31-47(44)53/h1-33H;1-31H. The largest absolute Gasteiger partial charge is 0.278 e. The normalized spacial score (nSPS) is 11.7. The summed E-state index contributed by atoms with van der Waals surface area (Å²) in [6.45, 7) is 0. The number of benzene rings is 18. The summed E-state index contributed by atoms with van der Waals surface area (Å²) < 4.78 is 4.53. The van der Waals surface area contributed by atoms with Crippen LogP contribution < -0.4 is 0 Å². The molecule has 4 aromatic heterocycles. The first-order valence-electron chi connectivity index (χ1n) is 36.8. The van der Waals surface area contributed by atoms with Crippen molar-refractivity contribution in [3.63, 3.8) is 0 Å². The molecule has 0 aliphatic rings. The molecule has 502 valence electrons. The lowest BCUT2D eigenvalue weighted by Crippen LogP contribution is -2.03. The molecule has 0 atom stereocenters. The average molecular weight is 1370 g/mol. The number of nitrogens with zero attached hydrogens (tertiary/aromatic N) is 6. The molecule has 18 aromatic carbocycles. The highest BCUT2D eigenvalue weighted by molar-refractivity contribution is 6.25. The maximum Gasteiger partial charge on any atom is 0.235 e. The molecule has 0 radical (unpaired) electrons. The summed E-state index contributed by atoms with van der Waals surface area (Å²) in [4.78, 5) is 21.8. The van der Waals surface area contributed by atoms with Crippen LogP contribution in [-0.4, -0.2) is 29.1 Å². The predicted molar refractivity (Wildman–Crippen MR) is 453 cm³/mol. The van der Waals surface area contributed by atoms with Crippen LogP contribution in [0.15, 0.2) is 388 Å². The van der Waals surface area contributed by atoms with E-state index in [4.69, 9.17) is 19.9 Å². The Hall–Kier alpha value is -14.5. The van der Waals surface area contributed by atoms with E-state index in [1.54, 1.807) is 0 Å². The number of hydrogen-bond acceptors (Lipinski definition) is 4. The lowest BCUT2D eigenvalue weighted by molar-refractivity contribution is 1.01. The van der Waals surface area contributed by atoms with Gasteiger partial charge >= 0.3 is 0 Å². The Morgan fingerprint density at radius 2 is 0.454 bits per heavy atom. The zero-order chi connectivity index (χ0) is 71.2. The third kappa shape index (κ3) is 10.8. The quantitative estimate of drug-likeness (QED) is 0.144. The minimum atomic E-state index is 0.653. The number of rotatable bonds is 9. The van der Waals surface area contributed by atoms with Crippen LogP contribution in [0.2, 0.25) is 0 Å². The first kappa shape index (κ1) is 62.1. The molecule has 22 aromatic rings. The molecule has 0 N–H and O–H groups in total. The van der Waals surface area contributed by atoms with E-state index in [1.807, 2.05) is 0 Å². The summed E-state index contributed by atoms with van der Waals surface area (Å²) in [6, 6.07) is 139. The van der Waals surface area contributed by atoms with Crippen LogP contribution in [0.4, 0.5) is 0 Å². The summed E-state index contributed by atoms with van der Waals surface area (Å²) in [5.74, 6) is 1.31. The van der Waals surface area contributed by atoms with Crippen LogP contribution in [0, 0.1) is 0 Å². The molecule has 0 spiro atoms. The smallest absolute Gasteiger partial charge is 0.235 e. The summed E-state index contributed by atoms with van der Waals surface area (Å²) in [5, 5.41) is 18.9. The van der Waals surface area contributed by atoms with Crippen LogP contribution >= 0.6 is 0 Å². The van der Waals surface area contributed by atoms with E-state index in [-0.39, 0.29) is 0 Å². The Morgan fingerprint density at radius 3 is 0.870 bits per heavy atom. The average Bonchev–Trinajstić information content (AvgIpc) is 1.56. The fourth-order valence-corrected chi connectivity index (χ4v) is 16.4. The van der Waals surface area contributed by atoms with Crippen LogP contribution in [0.25, 0.3) is 209 Å². The van der Waals surface area contributed by atoms with Gasteiger partial charge in [-0.15, -0.1) is 0 Å². The zero-order valence-corrected chi connectivity index (χ0v) is 58.6. The molecule has 0 saturated heterocycles. The molecule has 108 heavy (non-hydrogen) atoms.